The molecule has 0 aromatic carbocycles. The Hall–Kier alpha value is -0.410. The Bertz CT molecular complexity index is 337. The Labute approximate surface area is 112 Å². The molecule has 1 saturated carbocycles. The highest BCUT2D eigenvalue weighted by Gasteiger charge is 2.19. The lowest BCUT2D eigenvalue weighted by atomic mass is 9.84. The molecule has 1 heterocycles. The van der Waals surface area contributed by atoms with E-state index in [4.69, 9.17) is 0 Å². The average Bonchev–Trinajstić information content (AvgIpc) is 2.38. The second-order valence-electron chi connectivity index (χ2n) is 4.99. The van der Waals surface area contributed by atoms with Crippen LogP contribution in [0.25, 0.3) is 0 Å². The van der Waals surface area contributed by atoms with Crippen molar-refractivity contribution >= 4 is 15.9 Å². The van der Waals surface area contributed by atoms with Crippen LogP contribution >= 0.6 is 15.9 Å². The lowest BCUT2D eigenvalue weighted by Gasteiger charge is -2.29. The summed E-state index contributed by atoms with van der Waals surface area (Å²) in [5, 5.41) is 3.64. The van der Waals surface area contributed by atoms with Crippen LogP contribution in [-0.2, 0) is 6.54 Å². The number of nitrogens with zero attached hydrogens (tertiary/aromatic N) is 1. The lowest BCUT2D eigenvalue weighted by molar-refractivity contribution is 0.278. The first-order valence-corrected chi connectivity index (χ1v) is 7.41. The van der Waals surface area contributed by atoms with Gasteiger partial charge in [0.05, 0.1) is 5.69 Å². The standard InChI is InChI=1S/C14H21BrN2/c1-2-11-4-3-5-13(8-11)17-10-14-7-6-12(15)9-16-14/h6-7,9,11,13,17H,2-5,8,10H2,1H3. The summed E-state index contributed by atoms with van der Waals surface area (Å²) >= 11 is 3.41. The van der Waals surface area contributed by atoms with Crippen molar-refractivity contribution in [2.75, 3.05) is 0 Å². The molecule has 0 aliphatic heterocycles. The molecular formula is C14H21BrN2. The van der Waals surface area contributed by atoms with E-state index in [2.05, 4.69) is 45.3 Å². The van der Waals surface area contributed by atoms with Gasteiger partial charge in [0.15, 0.2) is 0 Å². The van der Waals surface area contributed by atoms with Crippen LogP contribution in [0.2, 0.25) is 0 Å². The van der Waals surface area contributed by atoms with Gasteiger partial charge in [0, 0.05) is 23.3 Å². The van der Waals surface area contributed by atoms with Crippen LogP contribution in [0, 0.1) is 5.92 Å². The number of hydrogen-bond acceptors (Lipinski definition) is 2. The highest BCUT2D eigenvalue weighted by Crippen LogP contribution is 2.26. The highest BCUT2D eigenvalue weighted by atomic mass is 79.9. The molecule has 1 aromatic rings. The van der Waals surface area contributed by atoms with Gasteiger partial charge in [0.2, 0.25) is 0 Å². The van der Waals surface area contributed by atoms with Crippen LogP contribution in [0.4, 0.5) is 0 Å². The maximum Gasteiger partial charge on any atom is 0.0542 e. The first kappa shape index (κ1) is 13.0. The summed E-state index contributed by atoms with van der Waals surface area (Å²) in [6.07, 6.45) is 8.66. The number of halogens is 1. The van der Waals surface area contributed by atoms with E-state index in [0.29, 0.717) is 6.04 Å². The van der Waals surface area contributed by atoms with Crippen molar-refractivity contribution in [2.24, 2.45) is 5.92 Å². The van der Waals surface area contributed by atoms with Crippen LogP contribution in [0.5, 0.6) is 0 Å². The Morgan fingerprint density at radius 3 is 3.00 bits per heavy atom. The SMILES string of the molecule is CCC1CCCC(NCc2ccc(Br)cn2)C1. The fourth-order valence-electron chi connectivity index (χ4n) is 2.61. The van der Waals surface area contributed by atoms with Gasteiger partial charge in [-0.2, -0.15) is 0 Å². The van der Waals surface area contributed by atoms with Crippen molar-refractivity contribution in [1.82, 2.24) is 10.3 Å². The van der Waals surface area contributed by atoms with Gasteiger partial charge in [-0.3, -0.25) is 4.98 Å². The lowest BCUT2D eigenvalue weighted by Crippen LogP contribution is -2.33. The van der Waals surface area contributed by atoms with Crippen molar-refractivity contribution < 1.29 is 0 Å². The van der Waals surface area contributed by atoms with Crippen molar-refractivity contribution in [3.05, 3.63) is 28.5 Å². The van der Waals surface area contributed by atoms with Gasteiger partial charge in [0.1, 0.15) is 0 Å². The Kier molecular flexibility index (Phi) is 4.99. The third kappa shape index (κ3) is 4.07. The molecule has 0 bridgehead atoms. The Balaban J connectivity index is 1.79. The third-order valence-electron chi connectivity index (χ3n) is 3.72. The maximum atomic E-state index is 4.39. The van der Waals surface area contributed by atoms with Crippen LogP contribution in [-0.4, -0.2) is 11.0 Å². The minimum absolute atomic E-state index is 0.694. The van der Waals surface area contributed by atoms with Gasteiger partial charge in [-0.1, -0.05) is 26.2 Å². The van der Waals surface area contributed by atoms with Crippen molar-refractivity contribution in [3.63, 3.8) is 0 Å². The summed E-state index contributed by atoms with van der Waals surface area (Å²) in [5.74, 6) is 0.930. The van der Waals surface area contributed by atoms with Gasteiger partial charge in [-0.05, 0) is 46.8 Å². The molecule has 2 nitrogen and oxygen atoms in total. The van der Waals surface area contributed by atoms with Gasteiger partial charge in [-0.25, -0.2) is 0 Å². The predicted octanol–water partition coefficient (Wildman–Crippen LogP) is 3.90. The summed E-state index contributed by atoms with van der Waals surface area (Å²) in [5.41, 5.74) is 1.13. The van der Waals surface area contributed by atoms with Gasteiger partial charge in [-0.15, -0.1) is 0 Å². The molecule has 1 aliphatic carbocycles. The van der Waals surface area contributed by atoms with Crippen molar-refractivity contribution in [1.29, 1.82) is 0 Å². The van der Waals surface area contributed by atoms with Gasteiger partial charge >= 0.3 is 0 Å². The molecule has 0 radical (unpaired) electrons. The largest absolute Gasteiger partial charge is 0.308 e. The van der Waals surface area contributed by atoms with Crippen LogP contribution < -0.4 is 5.32 Å². The summed E-state index contributed by atoms with van der Waals surface area (Å²) in [4.78, 5) is 4.39. The summed E-state index contributed by atoms with van der Waals surface area (Å²) in [7, 11) is 0. The molecule has 2 atom stereocenters. The Morgan fingerprint density at radius 1 is 1.41 bits per heavy atom. The topological polar surface area (TPSA) is 24.9 Å². The predicted molar refractivity (Wildman–Crippen MR) is 74.8 cm³/mol. The summed E-state index contributed by atoms with van der Waals surface area (Å²) < 4.78 is 1.05. The van der Waals surface area contributed by atoms with Crippen molar-refractivity contribution in [3.8, 4) is 0 Å². The molecule has 3 heteroatoms. The van der Waals surface area contributed by atoms with E-state index in [9.17, 15) is 0 Å². The van der Waals surface area contributed by atoms with Crippen molar-refractivity contribution in [2.45, 2.75) is 51.6 Å². The zero-order chi connectivity index (χ0) is 12.1. The van der Waals surface area contributed by atoms with E-state index in [1.807, 2.05) is 6.20 Å². The fraction of sp³-hybridized carbons (Fsp3) is 0.643. The molecule has 1 fully saturated rings. The third-order valence-corrected chi connectivity index (χ3v) is 4.19. The minimum atomic E-state index is 0.694. The van der Waals surface area contributed by atoms with Crippen LogP contribution in [0.1, 0.15) is 44.7 Å². The van der Waals surface area contributed by atoms with Crippen LogP contribution in [0.3, 0.4) is 0 Å². The highest BCUT2D eigenvalue weighted by molar-refractivity contribution is 9.10. The molecule has 94 valence electrons. The molecule has 1 aliphatic rings. The van der Waals surface area contributed by atoms with Gasteiger partial charge in [0.25, 0.3) is 0 Å². The number of nitrogens with one attached hydrogen (secondary N) is 1. The number of rotatable bonds is 4. The van der Waals surface area contributed by atoms with E-state index in [1.165, 1.54) is 32.1 Å². The molecule has 0 amide bonds. The first-order valence-electron chi connectivity index (χ1n) is 6.61. The Morgan fingerprint density at radius 2 is 2.29 bits per heavy atom. The molecule has 2 rings (SSSR count). The normalized spacial score (nSPS) is 24.8. The average molecular weight is 297 g/mol. The van der Waals surface area contributed by atoms with E-state index >= 15 is 0 Å². The first-order chi connectivity index (χ1) is 8.28. The molecule has 1 N–H and O–H groups in total. The van der Waals surface area contributed by atoms with Crippen LogP contribution in [0.15, 0.2) is 22.8 Å². The molecule has 1 aromatic heterocycles. The zero-order valence-corrected chi connectivity index (χ0v) is 12.0. The fourth-order valence-corrected chi connectivity index (χ4v) is 2.84. The molecule has 0 saturated heterocycles. The second kappa shape index (κ2) is 6.50. The number of aromatic nitrogens is 1. The number of pyridine rings is 1. The van der Waals surface area contributed by atoms with Gasteiger partial charge < -0.3 is 5.32 Å². The zero-order valence-electron chi connectivity index (χ0n) is 10.5. The number of hydrogen-bond donors (Lipinski definition) is 1. The molecule has 17 heavy (non-hydrogen) atoms. The quantitative estimate of drug-likeness (QED) is 0.911. The summed E-state index contributed by atoms with van der Waals surface area (Å²) in [6.45, 7) is 3.21. The molecule has 0 spiro atoms. The second-order valence-corrected chi connectivity index (χ2v) is 5.90. The van der Waals surface area contributed by atoms with E-state index < -0.39 is 0 Å². The smallest absolute Gasteiger partial charge is 0.0542 e. The van der Waals surface area contributed by atoms with E-state index in [1.54, 1.807) is 0 Å². The molecule has 2 unspecified atom stereocenters. The van der Waals surface area contributed by atoms with E-state index in [-0.39, 0.29) is 0 Å². The monoisotopic (exact) mass is 296 g/mol. The van der Waals surface area contributed by atoms with E-state index in [0.717, 1.165) is 22.6 Å². The minimum Gasteiger partial charge on any atom is -0.308 e. The molecular weight excluding hydrogens is 276 g/mol. The maximum absolute atomic E-state index is 4.39. The summed E-state index contributed by atoms with van der Waals surface area (Å²) in [6, 6.07) is 4.83.